The molecule has 0 saturated heterocycles. The smallest absolute Gasteiger partial charge is 0.255 e. The fourth-order valence-electron chi connectivity index (χ4n) is 2.95. The average molecular weight is 421 g/mol. The van der Waals surface area contributed by atoms with Gasteiger partial charge < -0.3 is 14.5 Å². The third kappa shape index (κ3) is 4.47. The molecule has 0 fully saturated rings. The lowest BCUT2D eigenvalue weighted by Crippen LogP contribution is -2.12. The topological polar surface area (TPSA) is 64.4 Å². The van der Waals surface area contributed by atoms with Crippen molar-refractivity contribution < 1.29 is 13.9 Å². The first-order chi connectivity index (χ1) is 14.5. The maximum Gasteiger partial charge on any atom is 0.255 e. The van der Waals surface area contributed by atoms with Gasteiger partial charge in [0.2, 0.25) is 5.89 Å². The number of nitrogens with one attached hydrogen (secondary N) is 1. The zero-order valence-corrected chi connectivity index (χ0v) is 17.4. The molecule has 0 aliphatic carbocycles. The zero-order chi connectivity index (χ0) is 21.1. The van der Waals surface area contributed by atoms with Gasteiger partial charge in [0.25, 0.3) is 5.91 Å². The standard InChI is InChI=1S/C24H21ClN2O3/c1-15(2)14-29-18-7-5-6-16(12-18)23(28)26-17-10-11-22-21(13-17)27-24(30-22)19-8-3-4-9-20(19)25/h3-13,15H,14H2,1-2H3,(H,26,28). The SMILES string of the molecule is CC(C)COc1cccc(C(=O)Nc2ccc3oc(-c4ccccc4Cl)nc3c2)c1. The van der Waals surface area contributed by atoms with Gasteiger partial charge in [-0.1, -0.05) is 43.6 Å². The van der Waals surface area contributed by atoms with Crippen LogP contribution in [0.2, 0.25) is 5.02 Å². The van der Waals surface area contributed by atoms with Crippen LogP contribution in [0.4, 0.5) is 5.69 Å². The quantitative estimate of drug-likeness (QED) is 0.390. The molecule has 30 heavy (non-hydrogen) atoms. The second-order valence-electron chi connectivity index (χ2n) is 7.37. The first-order valence-electron chi connectivity index (χ1n) is 9.69. The van der Waals surface area contributed by atoms with Crippen molar-refractivity contribution in [1.82, 2.24) is 4.98 Å². The van der Waals surface area contributed by atoms with Gasteiger partial charge in [-0.3, -0.25) is 4.79 Å². The number of anilines is 1. The highest BCUT2D eigenvalue weighted by atomic mass is 35.5. The van der Waals surface area contributed by atoms with Crippen LogP contribution in [0.3, 0.4) is 0 Å². The molecule has 0 radical (unpaired) electrons. The number of hydrogen-bond donors (Lipinski definition) is 1. The maximum absolute atomic E-state index is 12.7. The van der Waals surface area contributed by atoms with E-state index in [-0.39, 0.29) is 5.91 Å². The van der Waals surface area contributed by atoms with Crippen LogP contribution in [0, 0.1) is 5.92 Å². The minimum atomic E-state index is -0.223. The molecule has 0 atom stereocenters. The number of benzene rings is 3. The molecule has 6 heteroatoms. The molecule has 5 nitrogen and oxygen atoms in total. The van der Waals surface area contributed by atoms with Crippen molar-refractivity contribution in [2.75, 3.05) is 11.9 Å². The molecule has 0 unspecified atom stereocenters. The van der Waals surface area contributed by atoms with E-state index in [2.05, 4.69) is 24.1 Å². The number of ether oxygens (including phenoxy) is 1. The van der Waals surface area contributed by atoms with Crippen LogP contribution in [0.15, 0.2) is 71.1 Å². The lowest BCUT2D eigenvalue weighted by atomic mass is 10.2. The van der Waals surface area contributed by atoms with Gasteiger partial charge in [-0.05, 0) is 54.4 Å². The normalized spacial score (nSPS) is 11.1. The fourth-order valence-corrected chi connectivity index (χ4v) is 3.16. The number of aromatic nitrogens is 1. The Morgan fingerprint density at radius 1 is 1.10 bits per heavy atom. The Bertz CT molecular complexity index is 1200. The van der Waals surface area contributed by atoms with E-state index in [9.17, 15) is 4.79 Å². The fraction of sp³-hybridized carbons (Fsp3) is 0.167. The van der Waals surface area contributed by atoms with Gasteiger partial charge in [-0.2, -0.15) is 0 Å². The molecule has 3 aromatic carbocycles. The Kier molecular flexibility index (Phi) is 5.72. The Labute approximate surface area is 179 Å². The van der Waals surface area contributed by atoms with Crippen molar-refractivity contribution in [3.63, 3.8) is 0 Å². The number of hydrogen-bond acceptors (Lipinski definition) is 4. The maximum atomic E-state index is 12.7. The highest BCUT2D eigenvalue weighted by Gasteiger charge is 2.13. The Morgan fingerprint density at radius 3 is 2.73 bits per heavy atom. The molecular weight excluding hydrogens is 400 g/mol. The summed E-state index contributed by atoms with van der Waals surface area (Å²) in [6.07, 6.45) is 0. The Balaban J connectivity index is 1.53. The summed E-state index contributed by atoms with van der Waals surface area (Å²) in [5, 5.41) is 3.47. The molecule has 1 N–H and O–H groups in total. The lowest BCUT2D eigenvalue weighted by molar-refractivity contribution is 0.102. The average Bonchev–Trinajstić information content (AvgIpc) is 3.16. The molecule has 0 aliphatic rings. The number of rotatable bonds is 6. The van der Waals surface area contributed by atoms with Crippen molar-refractivity contribution >= 4 is 34.3 Å². The van der Waals surface area contributed by atoms with Crippen molar-refractivity contribution in [2.24, 2.45) is 5.92 Å². The second kappa shape index (κ2) is 8.59. The summed E-state index contributed by atoms with van der Waals surface area (Å²) >= 11 is 6.24. The summed E-state index contributed by atoms with van der Waals surface area (Å²) < 4.78 is 11.5. The molecule has 152 valence electrons. The first kappa shape index (κ1) is 20.0. The monoisotopic (exact) mass is 420 g/mol. The summed E-state index contributed by atoms with van der Waals surface area (Å²) in [5.41, 5.74) is 3.12. The highest BCUT2D eigenvalue weighted by Crippen LogP contribution is 2.30. The van der Waals surface area contributed by atoms with E-state index in [1.54, 1.807) is 42.5 Å². The van der Waals surface area contributed by atoms with Crippen LogP contribution in [-0.2, 0) is 0 Å². The van der Waals surface area contributed by atoms with Gasteiger partial charge in [-0.25, -0.2) is 4.98 Å². The van der Waals surface area contributed by atoms with Gasteiger partial charge in [-0.15, -0.1) is 0 Å². The van der Waals surface area contributed by atoms with Gasteiger partial charge >= 0.3 is 0 Å². The third-order valence-corrected chi connectivity index (χ3v) is 4.76. The Hall–Kier alpha value is -3.31. The van der Waals surface area contributed by atoms with Gasteiger partial charge in [0.05, 0.1) is 17.2 Å². The third-order valence-electron chi connectivity index (χ3n) is 4.43. The number of fused-ring (bicyclic) bond motifs is 1. The van der Waals surface area contributed by atoms with E-state index < -0.39 is 0 Å². The zero-order valence-electron chi connectivity index (χ0n) is 16.7. The molecular formula is C24H21ClN2O3. The minimum absolute atomic E-state index is 0.223. The summed E-state index contributed by atoms with van der Waals surface area (Å²) in [6.45, 7) is 4.75. The van der Waals surface area contributed by atoms with E-state index in [1.807, 2.05) is 24.3 Å². The van der Waals surface area contributed by atoms with Crippen LogP contribution in [0.25, 0.3) is 22.6 Å². The number of amides is 1. The van der Waals surface area contributed by atoms with Gasteiger partial charge in [0.1, 0.15) is 11.3 Å². The van der Waals surface area contributed by atoms with Gasteiger partial charge in [0.15, 0.2) is 5.58 Å². The molecule has 1 amide bonds. The minimum Gasteiger partial charge on any atom is -0.493 e. The first-order valence-corrected chi connectivity index (χ1v) is 10.1. The summed E-state index contributed by atoms with van der Waals surface area (Å²) in [4.78, 5) is 17.2. The van der Waals surface area contributed by atoms with E-state index in [4.69, 9.17) is 20.8 Å². The summed E-state index contributed by atoms with van der Waals surface area (Å²) in [6, 6.07) is 19.8. The summed E-state index contributed by atoms with van der Waals surface area (Å²) in [7, 11) is 0. The molecule has 0 bridgehead atoms. The van der Waals surface area contributed by atoms with Gasteiger partial charge in [0, 0.05) is 11.3 Å². The van der Waals surface area contributed by atoms with Crippen LogP contribution in [-0.4, -0.2) is 17.5 Å². The second-order valence-corrected chi connectivity index (χ2v) is 7.78. The number of oxazole rings is 1. The van der Waals surface area contributed by atoms with E-state index in [0.29, 0.717) is 51.5 Å². The highest BCUT2D eigenvalue weighted by molar-refractivity contribution is 6.33. The molecule has 4 aromatic rings. The predicted molar refractivity (Wildman–Crippen MR) is 119 cm³/mol. The molecule has 0 spiro atoms. The molecule has 0 saturated carbocycles. The van der Waals surface area contributed by atoms with Crippen molar-refractivity contribution in [3.05, 3.63) is 77.3 Å². The molecule has 4 rings (SSSR count). The predicted octanol–water partition coefficient (Wildman–Crippen LogP) is 6.44. The lowest BCUT2D eigenvalue weighted by Gasteiger charge is -2.10. The molecule has 1 heterocycles. The van der Waals surface area contributed by atoms with Crippen LogP contribution < -0.4 is 10.1 Å². The summed E-state index contributed by atoms with van der Waals surface area (Å²) in [5.74, 6) is 1.30. The van der Waals surface area contributed by atoms with Crippen LogP contribution in [0.1, 0.15) is 24.2 Å². The Morgan fingerprint density at radius 2 is 1.93 bits per heavy atom. The number of carbonyl (C=O) groups is 1. The number of halogens is 1. The van der Waals surface area contributed by atoms with Crippen molar-refractivity contribution in [3.8, 4) is 17.2 Å². The molecule has 0 aliphatic heterocycles. The molecule has 1 aromatic heterocycles. The van der Waals surface area contributed by atoms with E-state index in [0.717, 1.165) is 5.56 Å². The van der Waals surface area contributed by atoms with Crippen LogP contribution in [0.5, 0.6) is 5.75 Å². The van der Waals surface area contributed by atoms with Crippen LogP contribution >= 0.6 is 11.6 Å². The van der Waals surface area contributed by atoms with Crippen molar-refractivity contribution in [1.29, 1.82) is 0 Å². The van der Waals surface area contributed by atoms with E-state index in [1.165, 1.54) is 0 Å². The van der Waals surface area contributed by atoms with Crippen molar-refractivity contribution in [2.45, 2.75) is 13.8 Å². The number of nitrogens with zero attached hydrogens (tertiary/aromatic N) is 1. The number of carbonyl (C=O) groups excluding carboxylic acids is 1. The van der Waals surface area contributed by atoms with E-state index >= 15 is 0 Å². The largest absolute Gasteiger partial charge is 0.493 e.